The minimum absolute atomic E-state index is 0.00436. The summed E-state index contributed by atoms with van der Waals surface area (Å²) in [4.78, 5) is 0. The fraction of sp³-hybridized carbons (Fsp3) is 0.462. The molecule has 1 atom stereocenters. The second-order valence-electron chi connectivity index (χ2n) is 4.15. The average molecular weight is 234 g/mol. The largest absolute Gasteiger partial charge is 0.489 e. The summed E-state index contributed by atoms with van der Waals surface area (Å²) in [5.41, 5.74) is 0.00436. The van der Waals surface area contributed by atoms with Crippen LogP contribution in [0.3, 0.4) is 0 Å². The van der Waals surface area contributed by atoms with Crippen molar-refractivity contribution in [1.82, 2.24) is 5.32 Å². The molecule has 1 aromatic carbocycles. The number of nitrogens with zero attached hydrogens (tertiary/aromatic N) is 1. The zero-order valence-corrected chi connectivity index (χ0v) is 9.58. The Morgan fingerprint density at radius 2 is 2.24 bits per heavy atom. The molecular formula is C13H15FN2O. The fourth-order valence-electron chi connectivity index (χ4n) is 2.00. The summed E-state index contributed by atoms with van der Waals surface area (Å²) in [6.07, 6.45) is 2.94. The van der Waals surface area contributed by atoms with Crippen LogP contribution in [0.2, 0.25) is 0 Å². The zero-order valence-electron chi connectivity index (χ0n) is 9.58. The van der Waals surface area contributed by atoms with E-state index in [1.165, 1.54) is 6.07 Å². The lowest BCUT2D eigenvalue weighted by Gasteiger charge is -2.17. The Hall–Kier alpha value is -1.60. The molecule has 2 rings (SSSR count). The summed E-state index contributed by atoms with van der Waals surface area (Å²) < 4.78 is 19.1. The van der Waals surface area contributed by atoms with Gasteiger partial charge in [-0.2, -0.15) is 5.26 Å². The van der Waals surface area contributed by atoms with Gasteiger partial charge in [0.25, 0.3) is 0 Å². The van der Waals surface area contributed by atoms with Crippen LogP contribution in [-0.2, 0) is 0 Å². The standard InChI is InChI=1S/C13H15FN2O/c14-12-4-1-5-13(11(12)9-15)17-10-3-2-7-16-8-6-10/h1,4-5,10,16H,2-3,6-8H2. The van der Waals surface area contributed by atoms with E-state index in [1.807, 2.05) is 6.07 Å². The van der Waals surface area contributed by atoms with Crippen molar-refractivity contribution >= 4 is 0 Å². The van der Waals surface area contributed by atoms with Gasteiger partial charge in [-0.15, -0.1) is 0 Å². The van der Waals surface area contributed by atoms with E-state index in [1.54, 1.807) is 12.1 Å². The van der Waals surface area contributed by atoms with Crippen LogP contribution in [0.1, 0.15) is 24.8 Å². The van der Waals surface area contributed by atoms with E-state index in [2.05, 4.69) is 5.32 Å². The molecule has 0 aromatic heterocycles. The minimum atomic E-state index is -0.517. The van der Waals surface area contributed by atoms with E-state index < -0.39 is 5.82 Å². The van der Waals surface area contributed by atoms with E-state index in [-0.39, 0.29) is 11.7 Å². The third-order valence-corrected chi connectivity index (χ3v) is 2.90. The number of hydrogen-bond donors (Lipinski definition) is 1. The highest BCUT2D eigenvalue weighted by atomic mass is 19.1. The molecule has 0 amide bonds. The van der Waals surface area contributed by atoms with Crippen molar-refractivity contribution < 1.29 is 9.13 Å². The van der Waals surface area contributed by atoms with Crippen LogP contribution >= 0.6 is 0 Å². The highest BCUT2D eigenvalue weighted by molar-refractivity contribution is 5.43. The number of hydrogen-bond acceptors (Lipinski definition) is 3. The predicted molar refractivity (Wildman–Crippen MR) is 62.3 cm³/mol. The van der Waals surface area contributed by atoms with Gasteiger partial charge in [-0.1, -0.05) is 6.07 Å². The molecule has 1 aliphatic heterocycles. The van der Waals surface area contributed by atoms with Crippen molar-refractivity contribution in [3.8, 4) is 11.8 Å². The maximum Gasteiger partial charge on any atom is 0.144 e. The molecule has 1 aliphatic rings. The van der Waals surface area contributed by atoms with Gasteiger partial charge in [-0.3, -0.25) is 0 Å². The van der Waals surface area contributed by atoms with Gasteiger partial charge in [0.15, 0.2) is 0 Å². The monoisotopic (exact) mass is 234 g/mol. The first-order chi connectivity index (χ1) is 8.31. The summed E-state index contributed by atoms with van der Waals surface area (Å²) in [6, 6.07) is 6.35. The molecule has 0 spiro atoms. The van der Waals surface area contributed by atoms with E-state index in [0.29, 0.717) is 5.75 Å². The molecule has 0 bridgehead atoms. The van der Waals surface area contributed by atoms with Crippen molar-refractivity contribution in [3.05, 3.63) is 29.6 Å². The van der Waals surface area contributed by atoms with Crippen molar-refractivity contribution in [2.24, 2.45) is 0 Å². The molecule has 4 heteroatoms. The Labute approximate surface area is 100 Å². The SMILES string of the molecule is N#Cc1c(F)cccc1OC1CCCNCC1. The van der Waals surface area contributed by atoms with Gasteiger partial charge >= 0.3 is 0 Å². The summed E-state index contributed by atoms with van der Waals surface area (Å²) in [7, 11) is 0. The molecule has 1 N–H and O–H groups in total. The predicted octanol–water partition coefficient (Wildman–Crippen LogP) is 2.22. The van der Waals surface area contributed by atoms with Crippen LogP contribution < -0.4 is 10.1 Å². The van der Waals surface area contributed by atoms with Crippen molar-refractivity contribution in [1.29, 1.82) is 5.26 Å². The summed E-state index contributed by atoms with van der Waals surface area (Å²) >= 11 is 0. The van der Waals surface area contributed by atoms with E-state index in [9.17, 15) is 4.39 Å². The lowest BCUT2D eigenvalue weighted by Crippen LogP contribution is -2.19. The van der Waals surface area contributed by atoms with Gasteiger partial charge in [0.1, 0.15) is 29.3 Å². The van der Waals surface area contributed by atoms with Crippen molar-refractivity contribution in [3.63, 3.8) is 0 Å². The third-order valence-electron chi connectivity index (χ3n) is 2.90. The quantitative estimate of drug-likeness (QED) is 0.853. The van der Waals surface area contributed by atoms with Gasteiger partial charge < -0.3 is 10.1 Å². The second-order valence-corrected chi connectivity index (χ2v) is 4.15. The van der Waals surface area contributed by atoms with Crippen LogP contribution in [0.4, 0.5) is 4.39 Å². The van der Waals surface area contributed by atoms with Crippen LogP contribution in [-0.4, -0.2) is 19.2 Å². The molecule has 1 aromatic rings. The summed E-state index contributed by atoms with van der Waals surface area (Å²) in [6.45, 7) is 1.90. The Morgan fingerprint density at radius 1 is 1.35 bits per heavy atom. The molecule has 90 valence electrons. The molecule has 1 heterocycles. The maximum atomic E-state index is 13.4. The first-order valence-electron chi connectivity index (χ1n) is 5.87. The van der Waals surface area contributed by atoms with Crippen LogP contribution in [0.25, 0.3) is 0 Å². The average Bonchev–Trinajstić information content (AvgIpc) is 2.58. The molecule has 1 unspecified atom stereocenters. The molecule has 3 nitrogen and oxygen atoms in total. The highest BCUT2D eigenvalue weighted by Crippen LogP contribution is 2.23. The Kier molecular flexibility index (Phi) is 3.94. The summed E-state index contributed by atoms with van der Waals surface area (Å²) in [5.74, 6) is -0.156. The smallest absolute Gasteiger partial charge is 0.144 e. The van der Waals surface area contributed by atoms with Gasteiger partial charge in [0.2, 0.25) is 0 Å². The number of benzene rings is 1. The van der Waals surface area contributed by atoms with Crippen LogP contribution in [0.15, 0.2) is 18.2 Å². The van der Waals surface area contributed by atoms with Crippen molar-refractivity contribution in [2.75, 3.05) is 13.1 Å². The normalized spacial score (nSPS) is 20.4. The third kappa shape index (κ3) is 2.95. The first kappa shape index (κ1) is 11.9. The van der Waals surface area contributed by atoms with E-state index in [4.69, 9.17) is 10.00 Å². The van der Waals surface area contributed by atoms with E-state index in [0.717, 1.165) is 32.4 Å². The van der Waals surface area contributed by atoms with E-state index >= 15 is 0 Å². The molecule has 1 saturated heterocycles. The topological polar surface area (TPSA) is 45.0 Å². The number of rotatable bonds is 2. The first-order valence-corrected chi connectivity index (χ1v) is 5.87. The molecule has 0 radical (unpaired) electrons. The highest BCUT2D eigenvalue weighted by Gasteiger charge is 2.16. The van der Waals surface area contributed by atoms with Gasteiger partial charge in [-0.05, 0) is 44.5 Å². The number of nitriles is 1. The lowest BCUT2D eigenvalue weighted by atomic mass is 10.1. The molecule has 1 fully saturated rings. The zero-order chi connectivity index (χ0) is 12.1. The van der Waals surface area contributed by atoms with Crippen LogP contribution in [0, 0.1) is 17.1 Å². The van der Waals surface area contributed by atoms with Gasteiger partial charge in [0.05, 0.1) is 0 Å². The summed E-state index contributed by atoms with van der Waals surface area (Å²) in [5, 5.41) is 12.2. The number of nitrogens with one attached hydrogen (secondary N) is 1. The Bertz CT molecular complexity index is 420. The molecular weight excluding hydrogens is 219 g/mol. The minimum Gasteiger partial charge on any atom is -0.489 e. The van der Waals surface area contributed by atoms with Crippen LogP contribution in [0.5, 0.6) is 5.75 Å². The van der Waals surface area contributed by atoms with Gasteiger partial charge in [-0.25, -0.2) is 4.39 Å². The number of ether oxygens (including phenoxy) is 1. The van der Waals surface area contributed by atoms with Gasteiger partial charge in [0, 0.05) is 0 Å². The van der Waals surface area contributed by atoms with Crippen molar-refractivity contribution in [2.45, 2.75) is 25.4 Å². The number of halogens is 1. The second kappa shape index (κ2) is 5.65. The Morgan fingerprint density at radius 3 is 3.06 bits per heavy atom. The molecule has 17 heavy (non-hydrogen) atoms. The maximum absolute atomic E-state index is 13.4. The molecule has 0 aliphatic carbocycles. The fourth-order valence-corrected chi connectivity index (χ4v) is 2.00. The molecule has 0 saturated carbocycles. The Balaban J connectivity index is 2.12. The lowest BCUT2D eigenvalue weighted by molar-refractivity contribution is 0.186.